The molecule has 0 aliphatic carbocycles. The molecule has 1 heterocycles. The van der Waals surface area contributed by atoms with Gasteiger partial charge in [-0.3, -0.25) is 4.79 Å². The fourth-order valence-corrected chi connectivity index (χ4v) is 2.74. The first-order valence-electron chi connectivity index (χ1n) is 6.74. The molecule has 118 valence electrons. The molecule has 0 aliphatic heterocycles. The smallest absolute Gasteiger partial charge is 0.265 e. The van der Waals surface area contributed by atoms with E-state index in [4.69, 9.17) is 16.4 Å². The number of carbonyl (C=O) groups excluding carboxylic acids is 1. The van der Waals surface area contributed by atoms with Gasteiger partial charge in [-0.2, -0.15) is 0 Å². The number of carbonyl (C=O) groups is 1. The van der Waals surface area contributed by atoms with Gasteiger partial charge in [0.1, 0.15) is 11.0 Å². The van der Waals surface area contributed by atoms with Crippen LogP contribution in [0.5, 0.6) is 0 Å². The van der Waals surface area contributed by atoms with E-state index in [1.807, 2.05) is 30.5 Å². The molecule has 6 nitrogen and oxygen atoms in total. The molecule has 1 N–H and O–H groups in total. The van der Waals surface area contributed by atoms with Crippen LogP contribution in [0.1, 0.15) is 0 Å². The SMILES string of the molecule is CSc1ccccc1NC(=O)COn1nnc2ccc(Cl)cc21. The lowest BCUT2D eigenvalue weighted by Gasteiger charge is -2.09. The highest BCUT2D eigenvalue weighted by molar-refractivity contribution is 7.98. The maximum absolute atomic E-state index is 12.0. The van der Waals surface area contributed by atoms with Crippen molar-refractivity contribution in [2.24, 2.45) is 0 Å². The van der Waals surface area contributed by atoms with E-state index < -0.39 is 0 Å². The summed E-state index contributed by atoms with van der Waals surface area (Å²) in [5.74, 6) is -0.280. The molecule has 0 saturated heterocycles. The van der Waals surface area contributed by atoms with E-state index in [2.05, 4.69) is 15.6 Å². The molecule has 23 heavy (non-hydrogen) atoms. The summed E-state index contributed by atoms with van der Waals surface area (Å²) < 4.78 is 0. The molecule has 1 aromatic heterocycles. The van der Waals surface area contributed by atoms with Crippen LogP contribution in [0.4, 0.5) is 5.69 Å². The summed E-state index contributed by atoms with van der Waals surface area (Å²) in [7, 11) is 0. The van der Waals surface area contributed by atoms with Crippen molar-refractivity contribution in [1.29, 1.82) is 0 Å². The van der Waals surface area contributed by atoms with Gasteiger partial charge in [0, 0.05) is 9.92 Å². The minimum atomic E-state index is -0.280. The third-order valence-electron chi connectivity index (χ3n) is 3.08. The van der Waals surface area contributed by atoms with Gasteiger partial charge in [-0.05, 0) is 41.8 Å². The Morgan fingerprint density at radius 1 is 1.35 bits per heavy atom. The average molecular weight is 349 g/mol. The molecule has 0 spiro atoms. The number of aromatic nitrogens is 3. The maximum atomic E-state index is 12.0. The third-order valence-corrected chi connectivity index (χ3v) is 4.11. The van der Waals surface area contributed by atoms with E-state index in [0.717, 1.165) is 10.6 Å². The fraction of sp³-hybridized carbons (Fsp3) is 0.133. The first-order chi connectivity index (χ1) is 11.2. The van der Waals surface area contributed by atoms with Crippen molar-refractivity contribution in [3.63, 3.8) is 0 Å². The van der Waals surface area contributed by atoms with E-state index in [-0.39, 0.29) is 12.5 Å². The quantitative estimate of drug-likeness (QED) is 0.718. The number of hydrogen-bond acceptors (Lipinski definition) is 5. The van der Waals surface area contributed by atoms with Crippen LogP contribution in [0, 0.1) is 0 Å². The first-order valence-corrected chi connectivity index (χ1v) is 8.35. The molecule has 8 heteroatoms. The lowest BCUT2D eigenvalue weighted by molar-refractivity contribution is -0.121. The normalized spacial score (nSPS) is 10.7. The molecule has 0 bridgehead atoms. The van der Waals surface area contributed by atoms with Crippen LogP contribution >= 0.6 is 23.4 Å². The van der Waals surface area contributed by atoms with Crippen LogP contribution in [0.25, 0.3) is 11.0 Å². The standard InChI is InChI=1S/C15H13ClN4O2S/c1-23-14-5-3-2-4-12(14)17-15(21)9-22-20-13-8-10(16)6-7-11(13)18-19-20/h2-8H,9H2,1H3,(H,17,21). The first kappa shape index (κ1) is 15.6. The lowest BCUT2D eigenvalue weighted by atomic mass is 10.3. The Kier molecular flexibility index (Phi) is 4.68. The number of anilines is 1. The molecular formula is C15H13ClN4O2S. The zero-order valence-electron chi connectivity index (χ0n) is 12.2. The molecule has 2 aromatic carbocycles. The highest BCUT2D eigenvalue weighted by Crippen LogP contribution is 2.24. The second kappa shape index (κ2) is 6.89. The molecule has 0 saturated carbocycles. The zero-order valence-corrected chi connectivity index (χ0v) is 13.8. The number of halogens is 1. The van der Waals surface area contributed by atoms with Gasteiger partial charge in [0.2, 0.25) is 0 Å². The summed E-state index contributed by atoms with van der Waals surface area (Å²) in [6, 6.07) is 12.7. The van der Waals surface area contributed by atoms with Gasteiger partial charge in [-0.15, -0.1) is 16.9 Å². The van der Waals surface area contributed by atoms with Crippen LogP contribution in [0.3, 0.4) is 0 Å². The van der Waals surface area contributed by atoms with Crippen LogP contribution in [-0.4, -0.2) is 33.9 Å². The van der Waals surface area contributed by atoms with Crippen molar-refractivity contribution in [2.45, 2.75) is 4.90 Å². The third kappa shape index (κ3) is 3.57. The number of nitrogens with zero attached hydrogens (tertiary/aromatic N) is 3. The van der Waals surface area contributed by atoms with E-state index in [9.17, 15) is 4.79 Å². The second-order valence-electron chi connectivity index (χ2n) is 4.62. The van der Waals surface area contributed by atoms with Crippen molar-refractivity contribution in [3.05, 3.63) is 47.5 Å². The van der Waals surface area contributed by atoms with Crippen molar-refractivity contribution >= 4 is 46.0 Å². The molecule has 0 unspecified atom stereocenters. The molecule has 0 fully saturated rings. The van der Waals surface area contributed by atoms with Crippen molar-refractivity contribution in [2.75, 3.05) is 18.2 Å². The Morgan fingerprint density at radius 3 is 3.00 bits per heavy atom. The number of hydrogen-bond donors (Lipinski definition) is 1. The number of fused-ring (bicyclic) bond motifs is 1. The highest BCUT2D eigenvalue weighted by atomic mass is 35.5. The van der Waals surface area contributed by atoms with Gasteiger partial charge >= 0.3 is 0 Å². The van der Waals surface area contributed by atoms with E-state index >= 15 is 0 Å². The second-order valence-corrected chi connectivity index (χ2v) is 5.90. The van der Waals surface area contributed by atoms with Crippen LogP contribution in [0.15, 0.2) is 47.4 Å². The summed E-state index contributed by atoms with van der Waals surface area (Å²) in [6.07, 6.45) is 1.95. The maximum Gasteiger partial charge on any atom is 0.265 e. The van der Waals surface area contributed by atoms with E-state index in [1.54, 1.807) is 30.0 Å². The van der Waals surface area contributed by atoms with Gasteiger partial charge in [0.05, 0.1) is 5.69 Å². The van der Waals surface area contributed by atoms with Gasteiger partial charge < -0.3 is 10.2 Å². The number of rotatable bonds is 5. The van der Waals surface area contributed by atoms with Crippen molar-refractivity contribution in [3.8, 4) is 0 Å². The largest absolute Gasteiger partial charge is 0.385 e. The van der Waals surface area contributed by atoms with Gasteiger partial charge in [0.25, 0.3) is 5.91 Å². The van der Waals surface area contributed by atoms with Gasteiger partial charge in [0.15, 0.2) is 6.61 Å². The minimum Gasteiger partial charge on any atom is -0.385 e. The molecule has 1 amide bonds. The van der Waals surface area contributed by atoms with Gasteiger partial charge in [-0.25, -0.2) is 0 Å². The molecular weight excluding hydrogens is 336 g/mol. The molecule has 3 rings (SSSR count). The van der Waals surface area contributed by atoms with Crippen LogP contribution in [0.2, 0.25) is 5.02 Å². The lowest BCUT2D eigenvalue weighted by Crippen LogP contribution is -2.26. The summed E-state index contributed by atoms with van der Waals surface area (Å²) in [4.78, 5) is 19.6. The summed E-state index contributed by atoms with van der Waals surface area (Å²) in [5, 5.41) is 11.1. The number of para-hydroxylation sites is 1. The average Bonchev–Trinajstić information content (AvgIpc) is 2.95. The highest BCUT2D eigenvalue weighted by Gasteiger charge is 2.10. The fourth-order valence-electron chi connectivity index (χ4n) is 2.02. The number of nitrogens with one attached hydrogen (secondary N) is 1. The Morgan fingerprint density at radius 2 is 2.17 bits per heavy atom. The zero-order chi connectivity index (χ0) is 16.2. The summed E-state index contributed by atoms with van der Waals surface area (Å²) in [6.45, 7) is -0.187. The van der Waals surface area contributed by atoms with Crippen LogP contribution < -0.4 is 10.2 Å². The van der Waals surface area contributed by atoms with Gasteiger partial charge in [-0.1, -0.05) is 28.6 Å². The Hall–Kier alpha value is -2.25. The molecule has 3 aromatic rings. The van der Waals surface area contributed by atoms with Crippen molar-refractivity contribution < 1.29 is 9.63 Å². The molecule has 0 radical (unpaired) electrons. The van der Waals surface area contributed by atoms with E-state index in [0.29, 0.717) is 16.1 Å². The van der Waals surface area contributed by atoms with Crippen LogP contribution in [-0.2, 0) is 4.79 Å². The summed E-state index contributed by atoms with van der Waals surface area (Å²) in [5.41, 5.74) is 2.00. The Labute approximate surface area is 141 Å². The molecule has 0 atom stereocenters. The summed E-state index contributed by atoms with van der Waals surface area (Å²) >= 11 is 7.50. The monoisotopic (exact) mass is 348 g/mol. The minimum absolute atomic E-state index is 0.187. The Balaban J connectivity index is 1.67. The number of thioether (sulfide) groups is 1. The number of amides is 1. The molecule has 0 aliphatic rings. The number of benzene rings is 2. The topological polar surface area (TPSA) is 69.0 Å². The predicted octanol–water partition coefficient (Wildman–Crippen LogP) is 2.87. The predicted molar refractivity (Wildman–Crippen MR) is 90.8 cm³/mol. The Bertz CT molecular complexity index is 852. The van der Waals surface area contributed by atoms with E-state index in [1.165, 1.54) is 4.85 Å². The van der Waals surface area contributed by atoms with Crippen molar-refractivity contribution in [1.82, 2.24) is 15.2 Å².